The summed E-state index contributed by atoms with van der Waals surface area (Å²) in [6, 6.07) is 0.371. The Morgan fingerprint density at radius 3 is 2.71 bits per heavy atom. The molecule has 0 saturated carbocycles. The number of nitrogens with zero attached hydrogens (tertiary/aromatic N) is 1. The van der Waals surface area contributed by atoms with Crippen molar-refractivity contribution in [3.8, 4) is 0 Å². The van der Waals surface area contributed by atoms with Crippen molar-refractivity contribution in [1.29, 1.82) is 0 Å². The highest BCUT2D eigenvalue weighted by Crippen LogP contribution is 2.23. The normalized spacial score (nSPS) is 21.4. The Labute approximate surface area is 113 Å². The largest absolute Gasteiger partial charge is 0.444 e. The third-order valence-electron chi connectivity index (χ3n) is 2.93. The summed E-state index contributed by atoms with van der Waals surface area (Å²) in [5.74, 6) is 0. The molecule has 100 valence electrons. The molecule has 1 rings (SSSR count). The molecule has 0 aliphatic carbocycles. The standard InChI is InChI=1S/C13H24BrNO2/c1-13(2,3)17-12(16)15-10-5-4-7-11(15)8-6-9-14/h11H,4-10H2,1-3H3/t11-/m0/s1. The van der Waals surface area contributed by atoms with Crippen LogP contribution in [0.25, 0.3) is 0 Å². The maximum atomic E-state index is 12.1. The summed E-state index contributed by atoms with van der Waals surface area (Å²) in [6.07, 6.45) is 5.49. The molecular weight excluding hydrogens is 282 g/mol. The van der Waals surface area contributed by atoms with Crippen LogP contribution in [-0.2, 0) is 4.74 Å². The van der Waals surface area contributed by atoms with E-state index in [1.807, 2.05) is 25.7 Å². The summed E-state index contributed by atoms with van der Waals surface area (Å²) in [6.45, 7) is 6.61. The van der Waals surface area contributed by atoms with Crippen LogP contribution in [0.3, 0.4) is 0 Å². The van der Waals surface area contributed by atoms with E-state index < -0.39 is 5.60 Å². The van der Waals surface area contributed by atoms with Gasteiger partial charge in [-0.05, 0) is 52.9 Å². The second-order valence-electron chi connectivity index (χ2n) is 5.65. The topological polar surface area (TPSA) is 29.5 Å². The highest BCUT2D eigenvalue weighted by atomic mass is 79.9. The molecule has 0 bridgehead atoms. The van der Waals surface area contributed by atoms with E-state index in [1.165, 1.54) is 6.42 Å². The quantitative estimate of drug-likeness (QED) is 0.739. The van der Waals surface area contributed by atoms with Gasteiger partial charge in [-0.25, -0.2) is 4.79 Å². The average molecular weight is 306 g/mol. The maximum absolute atomic E-state index is 12.1. The predicted octanol–water partition coefficient (Wildman–Crippen LogP) is 3.95. The lowest BCUT2D eigenvalue weighted by Crippen LogP contribution is -2.46. The molecule has 4 heteroatoms. The number of piperidine rings is 1. The molecule has 0 unspecified atom stereocenters. The minimum atomic E-state index is -0.394. The third-order valence-corrected chi connectivity index (χ3v) is 3.49. The van der Waals surface area contributed by atoms with Gasteiger partial charge in [-0.1, -0.05) is 15.9 Å². The van der Waals surface area contributed by atoms with Crippen molar-refractivity contribution >= 4 is 22.0 Å². The Morgan fingerprint density at radius 1 is 1.41 bits per heavy atom. The van der Waals surface area contributed by atoms with Gasteiger partial charge in [0, 0.05) is 17.9 Å². The van der Waals surface area contributed by atoms with Gasteiger partial charge in [0.1, 0.15) is 5.60 Å². The Balaban J connectivity index is 2.54. The zero-order valence-corrected chi connectivity index (χ0v) is 12.8. The lowest BCUT2D eigenvalue weighted by Gasteiger charge is -2.36. The van der Waals surface area contributed by atoms with Gasteiger partial charge < -0.3 is 9.64 Å². The van der Waals surface area contributed by atoms with E-state index in [4.69, 9.17) is 4.74 Å². The van der Waals surface area contributed by atoms with Crippen LogP contribution in [0.4, 0.5) is 4.79 Å². The minimum Gasteiger partial charge on any atom is -0.444 e. The summed E-state index contributed by atoms with van der Waals surface area (Å²) < 4.78 is 5.46. The Hall–Kier alpha value is -0.250. The molecule has 0 aromatic heterocycles. The number of amides is 1. The van der Waals surface area contributed by atoms with E-state index in [-0.39, 0.29) is 6.09 Å². The van der Waals surface area contributed by atoms with Crippen molar-refractivity contribution in [2.75, 3.05) is 11.9 Å². The molecular formula is C13H24BrNO2. The molecule has 1 amide bonds. The van der Waals surface area contributed by atoms with Crippen LogP contribution in [0.1, 0.15) is 52.9 Å². The first-order valence-electron chi connectivity index (χ1n) is 6.49. The summed E-state index contributed by atoms with van der Waals surface area (Å²) in [7, 11) is 0. The van der Waals surface area contributed by atoms with Crippen LogP contribution >= 0.6 is 15.9 Å². The monoisotopic (exact) mass is 305 g/mol. The molecule has 0 spiro atoms. The lowest BCUT2D eigenvalue weighted by atomic mass is 9.99. The number of hydrogen-bond acceptors (Lipinski definition) is 2. The van der Waals surface area contributed by atoms with Gasteiger partial charge in [0.05, 0.1) is 0 Å². The SMILES string of the molecule is CC(C)(C)OC(=O)N1CCCC[C@H]1CCCBr. The van der Waals surface area contributed by atoms with Gasteiger partial charge in [0.15, 0.2) is 0 Å². The van der Waals surface area contributed by atoms with Crippen LogP contribution in [0.15, 0.2) is 0 Å². The number of rotatable bonds is 3. The second kappa shape index (κ2) is 6.62. The molecule has 3 nitrogen and oxygen atoms in total. The molecule has 0 N–H and O–H groups in total. The molecule has 0 radical (unpaired) electrons. The fourth-order valence-corrected chi connectivity index (χ4v) is 2.50. The van der Waals surface area contributed by atoms with Gasteiger partial charge in [-0.15, -0.1) is 0 Å². The average Bonchev–Trinajstić information content (AvgIpc) is 2.24. The molecule has 1 aliphatic rings. The number of carbonyl (C=O) groups excluding carboxylic acids is 1. The Bertz CT molecular complexity index is 250. The molecule has 17 heavy (non-hydrogen) atoms. The second-order valence-corrected chi connectivity index (χ2v) is 6.45. The van der Waals surface area contributed by atoms with Crippen molar-refractivity contribution in [3.05, 3.63) is 0 Å². The molecule has 1 saturated heterocycles. The van der Waals surface area contributed by atoms with Gasteiger partial charge in [-0.2, -0.15) is 0 Å². The summed E-state index contributed by atoms with van der Waals surface area (Å²) >= 11 is 3.45. The summed E-state index contributed by atoms with van der Waals surface area (Å²) in [5.41, 5.74) is -0.394. The van der Waals surface area contributed by atoms with Gasteiger partial charge in [0.25, 0.3) is 0 Å². The number of likely N-dealkylation sites (tertiary alicyclic amines) is 1. The first-order chi connectivity index (χ1) is 7.94. The molecule has 0 aromatic rings. The van der Waals surface area contributed by atoms with Crippen LogP contribution < -0.4 is 0 Å². The fourth-order valence-electron chi connectivity index (χ4n) is 2.17. The Kier molecular flexibility index (Phi) is 5.77. The summed E-state index contributed by atoms with van der Waals surface area (Å²) in [4.78, 5) is 14.0. The van der Waals surface area contributed by atoms with Crippen molar-refractivity contribution in [1.82, 2.24) is 4.90 Å². The highest BCUT2D eigenvalue weighted by Gasteiger charge is 2.29. The van der Waals surface area contributed by atoms with E-state index in [0.717, 1.165) is 37.6 Å². The van der Waals surface area contributed by atoms with Crippen molar-refractivity contribution < 1.29 is 9.53 Å². The van der Waals surface area contributed by atoms with Crippen molar-refractivity contribution in [3.63, 3.8) is 0 Å². The van der Waals surface area contributed by atoms with E-state index in [0.29, 0.717) is 6.04 Å². The molecule has 0 aromatic carbocycles. The van der Waals surface area contributed by atoms with E-state index in [1.54, 1.807) is 0 Å². The number of halogens is 1. The zero-order valence-electron chi connectivity index (χ0n) is 11.2. The first kappa shape index (κ1) is 14.8. The van der Waals surface area contributed by atoms with Crippen molar-refractivity contribution in [2.24, 2.45) is 0 Å². The molecule has 1 aliphatic heterocycles. The van der Waals surface area contributed by atoms with Crippen LogP contribution in [-0.4, -0.2) is 34.5 Å². The lowest BCUT2D eigenvalue weighted by molar-refractivity contribution is 0.00885. The number of hydrogen-bond donors (Lipinski definition) is 0. The van der Waals surface area contributed by atoms with Crippen LogP contribution in [0, 0.1) is 0 Å². The highest BCUT2D eigenvalue weighted by molar-refractivity contribution is 9.09. The predicted molar refractivity (Wildman–Crippen MR) is 73.6 cm³/mol. The maximum Gasteiger partial charge on any atom is 0.410 e. The van der Waals surface area contributed by atoms with E-state index in [9.17, 15) is 4.79 Å². The number of carbonyl (C=O) groups is 1. The van der Waals surface area contributed by atoms with Crippen molar-refractivity contribution in [2.45, 2.75) is 64.5 Å². The van der Waals surface area contributed by atoms with E-state index >= 15 is 0 Å². The molecule has 1 heterocycles. The van der Waals surface area contributed by atoms with Gasteiger partial charge in [-0.3, -0.25) is 0 Å². The van der Waals surface area contributed by atoms with E-state index in [2.05, 4.69) is 15.9 Å². The number of ether oxygens (including phenoxy) is 1. The van der Waals surface area contributed by atoms with Gasteiger partial charge in [0.2, 0.25) is 0 Å². The smallest absolute Gasteiger partial charge is 0.410 e. The van der Waals surface area contributed by atoms with Gasteiger partial charge >= 0.3 is 6.09 Å². The molecule has 1 atom stereocenters. The third kappa shape index (κ3) is 5.28. The minimum absolute atomic E-state index is 0.142. The zero-order chi connectivity index (χ0) is 12.9. The molecule has 1 fully saturated rings. The first-order valence-corrected chi connectivity index (χ1v) is 7.62. The number of alkyl halides is 1. The Morgan fingerprint density at radius 2 is 2.12 bits per heavy atom. The van der Waals surface area contributed by atoms with Crippen LogP contribution in [0.5, 0.6) is 0 Å². The van der Waals surface area contributed by atoms with Crippen LogP contribution in [0.2, 0.25) is 0 Å². The summed E-state index contributed by atoms with van der Waals surface area (Å²) in [5, 5.41) is 1.01. The fraction of sp³-hybridized carbons (Fsp3) is 0.923.